The molecule has 0 aliphatic rings. The zero-order valence-electron chi connectivity index (χ0n) is 12.0. The number of nitrogens with zero attached hydrogens (tertiary/aromatic N) is 1. The second-order valence-electron chi connectivity index (χ2n) is 4.68. The molecule has 0 aliphatic carbocycles. The second kappa shape index (κ2) is 7.11. The summed E-state index contributed by atoms with van der Waals surface area (Å²) in [5, 5.41) is 2.66. The summed E-state index contributed by atoms with van der Waals surface area (Å²) in [6.45, 7) is 0.249. The second-order valence-corrected chi connectivity index (χ2v) is 5.59. The molecule has 0 unspecified atom stereocenters. The van der Waals surface area contributed by atoms with Crippen molar-refractivity contribution in [2.75, 3.05) is 5.32 Å². The predicted molar refractivity (Wildman–Crippen MR) is 89.4 cm³/mol. The molecule has 1 amide bonds. The minimum atomic E-state index is -0.349. The van der Waals surface area contributed by atoms with Crippen LogP contribution < -0.4 is 10.1 Å². The third-order valence-electron chi connectivity index (χ3n) is 2.99. The summed E-state index contributed by atoms with van der Waals surface area (Å²) >= 11 is 3.36. The SMILES string of the molecule is O=C(Nc1ccccn1)c1ccc(COc2ccc(Br)cc2)o1. The molecule has 6 heteroatoms. The number of carbonyl (C=O) groups is 1. The van der Waals surface area contributed by atoms with Crippen molar-refractivity contribution in [3.8, 4) is 5.75 Å². The lowest BCUT2D eigenvalue weighted by Crippen LogP contribution is -2.11. The van der Waals surface area contributed by atoms with Gasteiger partial charge < -0.3 is 14.5 Å². The van der Waals surface area contributed by atoms with E-state index in [2.05, 4.69) is 26.2 Å². The van der Waals surface area contributed by atoms with Gasteiger partial charge in [0.2, 0.25) is 0 Å². The number of halogens is 1. The number of nitrogens with one attached hydrogen (secondary N) is 1. The Morgan fingerprint density at radius 3 is 2.70 bits per heavy atom. The van der Waals surface area contributed by atoms with Gasteiger partial charge in [-0.2, -0.15) is 0 Å². The van der Waals surface area contributed by atoms with Gasteiger partial charge in [0.1, 0.15) is 23.9 Å². The van der Waals surface area contributed by atoms with Crippen LogP contribution >= 0.6 is 15.9 Å². The lowest BCUT2D eigenvalue weighted by Gasteiger charge is -2.04. The van der Waals surface area contributed by atoms with Crippen LogP contribution in [0.4, 0.5) is 5.82 Å². The van der Waals surface area contributed by atoms with Gasteiger partial charge in [-0.3, -0.25) is 4.79 Å². The van der Waals surface area contributed by atoms with Gasteiger partial charge in [-0.05, 0) is 48.5 Å². The molecule has 116 valence electrons. The molecule has 0 bridgehead atoms. The first-order valence-electron chi connectivity index (χ1n) is 6.90. The third-order valence-corrected chi connectivity index (χ3v) is 3.52. The summed E-state index contributed by atoms with van der Waals surface area (Å²) in [6, 6.07) is 16.1. The molecule has 2 aromatic heterocycles. The Balaban J connectivity index is 1.59. The lowest BCUT2D eigenvalue weighted by molar-refractivity contribution is 0.0992. The Hall–Kier alpha value is -2.60. The Morgan fingerprint density at radius 2 is 1.96 bits per heavy atom. The van der Waals surface area contributed by atoms with Crippen molar-refractivity contribution in [2.45, 2.75) is 6.61 Å². The van der Waals surface area contributed by atoms with E-state index in [1.54, 1.807) is 36.5 Å². The molecule has 0 radical (unpaired) electrons. The van der Waals surface area contributed by atoms with E-state index in [4.69, 9.17) is 9.15 Å². The standard InChI is InChI=1S/C17H13BrN2O3/c18-12-4-6-13(7-5-12)22-11-14-8-9-15(23-14)17(21)20-16-3-1-2-10-19-16/h1-10H,11H2,(H,19,20,21). The molecule has 2 heterocycles. The lowest BCUT2D eigenvalue weighted by atomic mass is 10.3. The van der Waals surface area contributed by atoms with Gasteiger partial charge in [0.05, 0.1) is 0 Å². The normalized spacial score (nSPS) is 10.3. The van der Waals surface area contributed by atoms with Crippen LogP contribution in [0.3, 0.4) is 0 Å². The molecule has 0 saturated carbocycles. The van der Waals surface area contributed by atoms with Gasteiger partial charge in [0, 0.05) is 10.7 Å². The monoisotopic (exact) mass is 372 g/mol. The summed E-state index contributed by atoms with van der Waals surface area (Å²) in [6.07, 6.45) is 1.61. The highest BCUT2D eigenvalue weighted by atomic mass is 79.9. The molecule has 0 saturated heterocycles. The molecule has 0 aliphatic heterocycles. The van der Waals surface area contributed by atoms with Crippen LogP contribution in [0.2, 0.25) is 0 Å². The molecule has 3 aromatic rings. The number of hydrogen-bond donors (Lipinski definition) is 1. The number of rotatable bonds is 5. The summed E-state index contributed by atoms with van der Waals surface area (Å²) in [4.78, 5) is 16.1. The van der Waals surface area contributed by atoms with Crippen LogP contribution in [0.5, 0.6) is 5.75 Å². The minimum absolute atomic E-state index is 0.213. The van der Waals surface area contributed by atoms with E-state index >= 15 is 0 Å². The first kappa shape index (κ1) is 15.3. The number of carbonyl (C=O) groups excluding carboxylic acids is 1. The number of ether oxygens (including phenoxy) is 1. The van der Waals surface area contributed by atoms with E-state index in [-0.39, 0.29) is 18.3 Å². The first-order chi connectivity index (χ1) is 11.2. The fourth-order valence-electron chi connectivity index (χ4n) is 1.88. The fraction of sp³-hybridized carbons (Fsp3) is 0.0588. The smallest absolute Gasteiger partial charge is 0.292 e. The Labute approximate surface area is 141 Å². The zero-order valence-corrected chi connectivity index (χ0v) is 13.6. The van der Waals surface area contributed by atoms with E-state index in [0.29, 0.717) is 11.6 Å². The average molecular weight is 373 g/mol. The number of benzene rings is 1. The van der Waals surface area contributed by atoms with E-state index < -0.39 is 0 Å². The van der Waals surface area contributed by atoms with E-state index in [9.17, 15) is 4.79 Å². The summed E-state index contributed by atoms with van der Waals surface area (Å²) in [5.74, 6) is 1.63. The number of amides is 1. The average Bonchev–Trinajstić information content (AvgIpc) is 3.04. The summed E-state index contributed by atoms with van der Waals surface area (Å²) < 4.78 is 12.1. The fourth-order valence-corrected chi connectivity index (χ4v) is 2.14. The topological polar surface area (TPSA) is 64.4 Å². The Bertz CT molecular complexity index is 785. The number of aromatic nitrogens is 1. The molecule has 0 fully saturated rings. The van der Waals surface area contributed by atoms with Crippen molar-refractivity contribution in [2.24, 2.45) is 0 Å². The summed E-state index contributed by atoms with van der Waals surface area (Å²) in [5.41, 5.74) is 0. The van der Waals surface area contributed by atoms with Crippen LogP contribution in [0.15, 0.2) is 69.7 Å². The van der Waals surface area contributed by atoms with Gasteiger partial charge >= 0.3 is 0 Å². The third kappa shape index (κ3) is 4.20. The highest BCUT2D eigenvalue weighted by molar-refractivity contribution is 9.10. The molecule has 3 rings (SSSR count). The van der Waals surface area contributed by atoms with Crippen LogP contribution in [0, 0.1) is 0 Å². The maximum Gasteiger partial charge on any atom is 0.292 e. The van der Waals surface area contributed by atoms with E-state index in [1.807, 2.05) is 24.3 Å². The van der Waals surface area contributed by atoms with Crippen molar-refractivity contribution in [3.63, 3.8) is 0 Å². The van der Waals surface area contributed by atoms with Crippen molar-refractivity contribution in [1.29, 1.82) is 0 Å². The van der Waals surface area contributed by atoms with Gasteiger partial charge in [0.25, 0.3) is 5.91 Å². The summed E-state index contributed by atoms with van der Waals surface area (Å²) in [7, 11) is 0. The number of hydrogen-bond acceptors (Lipinski definition) is 4. The molecule has 5 nitrogen and oxygen atoms in total. The van der Waals surface area contributed by atoms with Gasteiger partial charge in [-0.15, -0.1) is 0 Å². The largest absolute Gasteiger partial charge is 0.486 e. The molecule has 0 spiro atoms. The number of anilines is 1. The van der Waals surface area contributed by atoms with Crippen LogP contribution in [0.1, 0.15) is 16.3 Å². The van der Waals surface area contributed by atoms with Crippen LogP contribution in [0.25, 0.3) is 0 Å². The van der Waals surface area contributed by atoms with Gasteiger partial charge in [-0.25, -0.2) is 4.98 Å². The number of pyridine rings is 1. The highest BCUT2D eigenvalue weighted by Gasteiger charge is 2.12. The number of furan rings is 1. The Kier molecular flexibility index (Phi) is 4.73. The molecule has 0 atom stereocenters. The molecule has 1 aromatic carbocycles. The van der Waals surface area contributed by atoms with Gasteiger partial charge in [-0.1, -0.05) is 22.0 Å². The maximum atomic E-state index is 12.0. The molecule has 23 heavy (non-hydrogen) atoms. The van der Waals surface area contributed by atoms with Crippen molar-refractivity contribution < 1.29 is 13.9 Å². The zero-order chi connectivity index (χ0) is 16.1. The van der Waals surface area contributed by atoms with Crippen molar-refractivity contribution in [1.82, 2.24) is 4.98 Å². The van der Waals surface area contributed by atoms with E-state index in [0.717, 1.165) is 10.2 Å². The first-order valence-corrected chi connectivity index (χ1v) is 7.69. The maximum absolute atomic E-state index is 12.0. The predicted octanol–water partition coefficient (Wildman–Crippen LogP) is 4.27. The van der Waals surface area contributed by atoms with Crippen molar-refractivity contribution in [3.05, 3.63) is 76.8 Å². The van der Waals surface area contributed by atoms with Crippen LogP contribution in [-0.2, 0) is 6.61 Å². The molecular weight excluding hydrogens is 360 g/mol. The Morgan fingerprint density at radius 1 is 1.13 bits per heavy atom. The molecular formula is C17H13BrN2O3. The quantitative estimate of drug-likeness (QED) is 0.726. The van der Waals surface area contributed by atoms with E-state index in [1.165, 1.54) is 0 Å². The highest BCUT2D eigenvalue weighted by Crippen LogP contribution is 2.18. The molecule has 1 N–H and O–H groups in total. The minimum Gasteiger partial charge on any atom is -0.486 e. The van der Waals surface area contributed by atoms with Crippen molar-refractivity contribution >= 4 is 27.7 Å². The van der Waals surface area contributed by atoms with Gasteiger partial charge in [0.15, 0.2) is 5.76 Å². The van der Waals surface area contributed by atoms with Crippen LogP contribution in [-0.4, -0.2) is 10.9 Å².